The first kappa shape index (κ1) is 12.0. The molecule has 0 aliphatic heterocycles. The zero-order chi connectivity index (χ0) is 10.9. The molecule has 0 saturated carbocycles. The van der Waals surface area contributed by atoms with E-state index in [0.29, 0.717) is 6.07 Å². The highest BCUT2D eigenvalue weighted by atomic mass is 127. The zero-order valence-electron chi connectivity index (χ0n) is 6.33. The summed E-state index contributed by atoms with van der Waals surface area (Å²) >= 11 is 4.53. The van der Waals surface area contributed by atoms with Crippen molar-refractivity contribution >= 4 is 38.5 Å². The van der Waals surface area contributed by atoms with Crippen molar-refractivity contribution in [1.29, 1.82) is 0 Å². The number of benzene rings is 1. The summed E-state index contributed by atoms with van der Waals surface area (Å²) in [6.45, 7) is 0. The summed E-state index contributed by atoms with van der Waals surface area (Å²) in [7, 11) is 0. The van der Waals surface area contributed by atoms with Gasteiger partial charge in [0.15, 0.2) is 0 Å². The second-order valence-corrected chi connectivity index (χ2v) is 4.18. The highest BCUT2D eigenvalue weighted by Gasteiger charge is 2.32. The molecule has 0 aliphatic rings. The molecule has 0 atom stereocenters. The first-order valence-corrected chi connectivity index (χ1v) is 5.07. The first-order valence-electron chi connectivity index (χ1n) is 3.20. The molecule has 0 aliphatic carbocycles. The van der Waals surface area contributed by atoms with E-state index in [-0.39, 0.29) is 8.04 Å². The predicted molar refractivity (Wildman–Crippen MR) is 53.5 cm³/mol. The van der Waals surface area contributed by atoms with Crippen LogP contribution in [0.15, 0.2) is 16.6 Å². The van der Waals surface area contributed by atoms with Gasteiger partial charge in [-0.15, -0.1) is 13.2 Å². The molecule has 0 amide bonds. The fourth-order valence-electron chi connectivity index (χ4n) is 0.731. The maximum absolute atomic E-state index is 12.7. The predicted octanol–water partition coefficient (Wildman–Crippen LogP) is 4.09. The van der Waals surface area contributed by atoms with Crippen molar-refractivity contribution in [2.45, 2.75) is 6.36 Å². The Hall–Kier alpha value is -0.0500. The van der Waals surface area contributed by atoms with Crippen molar-refractivity contribution in [3.63, 3.8) is 0 Å². The van der Waals surface area contributed by atoms with Gasteiger partial charge in [0.25, 0.3) is 0 Å². The van der Waals surface area contributed by atoms with Crippen molar-refractivity contribution in [2.75, 3.05) is 0 Å². The average Bonchev–Trinajstić information content (AvgIpc) is 1.96. The van der Waals surface area contributed by atoms with E-state index in [1.165, 1.54) is 0 Å². The Morgan fingerprint density at radius 3 is 2.36 bits per heavy atom. The van der Waals surface area contributed by atoms with Crippen molar-refractivity contribution < 1.29 is 22.3 Å². The molecule has 0 unspecified atom stereocenters. The van der Waals surface area contributed by atoms with Crippen molar-refractivity contribution in [1.82, 2.24) is 0 Å². The van der Waals surface area contributed by atoms with Crippen LogP contribution in [0.2, 0.25) is 0 Å². The second kappa shape index (κ2) is 4.21. The van der Waals surface area contributed by atoms with Crippen LogP contribution in [0.25, 0.3) is 0 Å². The second-order valence-electron chi connectivity index (χ2n) is 2.25. The number of halogens is 6. The molecule has 0 saturated heterocycles. The van der Waals surface area contributed by atoms with Gasteiger partial charge in [0, 0.05) is 10.5 Å². The van der Waals surface area contributed by atoms with Gasteiger partial charge in [0.05, 0.1) is 3.57 Å². The smallest absolute Gasteiger partial charge is 0.405 e. The fourth-order valence-corrected chi connectivity index (χ4v) is 1.57. The average molecular weight is 385 g/mol. The molecule has 1 nitrogen and oxygen atoms in total. The molecular weight excluding hydrogens is 383 g/mol. The normalized spacial score (nSPS) is 11.6. The first-order chi connectivity index (χ1) is 6.29. The Morgan fingerprint density at radius 1 is 1.29 bits per heavy atom. The van der Waals surface area contributed by atoms with Crippen molar-refractivity contribution in [3.05, 3.63) is 26.0 Å². The minimum atomic E-state index is -4.81. The molecule has 7 heteroatoms. The van der Waals surface area contributed by atoms with Crippen LogP contribution < -0.4 is 4.74 Å². The van der Waals surface area contributed by atoms with Gasteiger partial charge in [0.2, 0.25) is 0 Å². The summed E-state index contributed by atoms with van der Waals surface area (Å²) in [6.07, 6.45) is -4.81. The SMILES string of the molecule is Fc1cc(Br)c(I)c(OC(F)(F)F)c1. The molecular formula is C7H2BrF4IO. The highest BCUT2D eigenvalue weighted by molar-refractivity contribution is 14.1. The lowest BCUT2D eigenvalue weighted by atomic mass is 10.3. The van der Waals surface area contributed by atoms with Gasteiger partial charge in [-0.3, -0.25) is 0 Å². The molecule has 0 spiro atoms. The monoisotopic (exact) mass is 384 g/mol. The minimum Gasteiger partial charge on any atom is -0.405 e. The summed E-state index contributed by atoms with van der Waals surface area (Å²) in [5.74, 6) is -1.35. The van der Waals surface area contributed by atoms with Gasteiger partial charge in [-0.25, -0.2) is 4.39 Å². The van der Waals surface area contributed by atoms with Crippen LogP contribution in [0.5, 0.6) is 5.75 Å². The molecule has 14 heavy (non-hydrogen) atoms. The van der Waals surface area contributed by atoms with E-state index in [0.717, 1.165) is 6.07 Å². The molecule has 0 fully saturated rings. The summed E-state index contributed by atoms with van der Waals surface area (Å²) in [5, 5.41) is 0. The third kappa shape index (κ3) is 3.26. The van der Waals surface area contributed by atoms with Gasteiger partial charge in [-0.1, -0.05) is 0 Å². The zero-order valence-corrected chi connectivity index (χ0v) is 10.1. The van der Waals surface area contributed by atoms with Crippen LogP contribution in [-0.4, -0.2) is 6.36 Å². The van der Waals surface area contributed by atoms with E-state index in [1.807, 2.05) is 0 Å². The standard InChI is InChI=1S/C7H2BrF4IO/c8-4-1-3(9)2-5(6(4)13)14-7(10,11)12/h1-2H. The summed E-state index contributed by atoms with van der Waals surface area (Å²) in [5.41, 5.74) is 0. The largest absolute Gasteiger partial charge is 0.573 e. The number of hydrogen-bond donors (Lipinski definition) is 0. The number of ether oxygens (including phenoxy) is 1. The number of hydrogen-bond acceptors (Lipinski definition) is 1. The summed E-state index contributed by atoms with van der Waals surface area (Å²) in [6, 6.07) is 1.74. The van der Waals surface area contributed by atoms with Gasteiger partial charge >= 0.3 is 6.36 Å². The molecule has 0 aromatic heterocycles. The molecule has 0 N–H and O–H groups in total. The Bertz CT molecular complexity index is 352. The molecule has 1 aromatic rings. The number of alkyl halides is 3. The minimum absolute atomic E-state index is 0.168. The van der Waals surface area contributed by atoms with Crippen molar-refractivity contribution in [2.24, 2.45) is 0 Å². The Morgan fingerprint density at radius 2 is 1.86 bits per heavy atom. The van der Waals surface area contributed by atoms with E-state index in [1.54, 1.807) is 22.6 Å². The van der Waals surface area contributed by atoms with E-state index >= 15 is 0 Å². The van der Waals surface area contributed by atoms with Gasteiger partial charge < -0.3 is 4.74 Å². The van der Waals surface area contributed by atoms with Crippen LogP contribution >= 0.6 is 38.5 Å². The Labute approximate surface area is 98.7 Å². The van der Waals surface area contributed by atoms with E-state index in [4.69, 9.17) is 0 Å². The third-order valence-corrected chi connectivity index (χ3v) is 3.66. The van der Waals surface area contributed by atoms with Crippen LogP contribution in [0, 0.1) is 9.39 Å². The lowest BCUT2D eigenvalue weighted by molar-refractivity contribution is -0.275. The lowest BCUT2D eigenvalue weighted by Gasteiger charge is -2.11. The van der Waals surface area contributed by atoms with Crippen LogP contribution in [0.3, 0.4) is 0 Å². The molecule has 78 valence electrons. The van der Waals surface area contributed by atoms with Gasteiger partial charge in [-0.2, -0.15) is 0 Å². The van der Waals surface area contributed by atoms with Crippen molar-refractivity contribution in [3.8, 4) is 5.75 Å². The van der Waals surface area contributed by atoms with E-state index in [9.17, 15) is 17.6 Å². The highest BCUT2D eigenvalue weighted by Crippen LogP contribution is 2.33. The fraction of sp³-hybridized carbons (Fsp3) is 0.143. The summed E-state index contributed by atoms with van der Waals surface area (Å²) < 4.78 is 52.2. The summed E-state index contributed by atoms with van der Waals surface area (Å²) in [4.78, 5) is 0. The van der Waals surface area contributed by atoms with Crippen LogP contribution in [0.4, 0.5) is 17.6 Å². The molecule has 1 aromatic carbocycles. The third-order valence-electron chi connectivity index (χ3n) is 1.19. The number of rotatable bonds is 1. The Kier molecular flexibility index (Phi) is 3.62. The topological polar surface area (TPSA) is 9.23 Å². The maximum atomic E-state index is 12.7. The van der Waals surface area contributed by atoms with Crippen LogP contribution in [-0.2, 0) is 0 Å². The van der Waals surface area contributed by atoms with E-state index < -0.39 is 17.9 Å². The molecule has 1 rings (SSSR count). The van der Waals surface area contributed by atoms with E-state index in [2.05, 4.69) is 20.7 Å². The lowest BCUT2D eigenvalue weighted by Crippen LogP contribution is -2.18. The Balaban J connectivity index is 3.09. The van der Waals surface area contributed by atoms with Crippen LogP contribution in [0.1, 0.15) is 0 Å². The molecule has 0 bridgehead atoms. The molecule has 0 radical (unpaired) electrons. The maximum Gasteiger partial charge on any atom is 0.573 e. The van der Waals surface area contributed by atoms with Gasteiger partial charge in [0.1, 0.15) is 11.6 Å². The quantitative estimate of drug-likeness (QED) is 0.402. The molecule has 0 heterocycles. The van der Waals surface area contributed by atoms with Gasteiger partial charge in [-0.05, 0) is 44.6 Å².